The Morgan fingerprint density at radius 2 is 1.92 bits per heavy atom. The average Bonchev–Trinajstić information content (AvgIpc) is 1.84. The summed E-state index contributed by atoms with van der Waals surface area (Å²) in [5.74, 6) is 0. The Labute approximate surface area is 73.7 Å². The summed E-state index contributed by atoms with van der Waals surface area (Å²) < 4.78 is 26.2. The lowest BCUT2D eigenvalue weighted by molar-refractivity contribution is 0.119. The molecule has 0 saturated heterocycles. The fourth-order valence-corrected chi connectivity index (χ4v) is 1.93. The van der Waals surface area contributed by atoms with E-state index in [9.17, 15) is 4.57 Å². The summed E-state index contributed by atoms with van der Waals surface area (Å²) in [5, 5.41) is 0. The Hall–Kier alpha value is 0.110. The van der Waals surface area contributed by atoms with E-state index < -0.39 is 7.60 Å². The third-order valence-electron chi connectivity index (χ3n) is 1.02. The van der Waals surface area contributed by atoms with Crippen LogP contribution in [-0.2, 0) is 18.3 Å². The van der Waals surface area contributed by atoms with Gasteiger partial charge in [0, 0.05) is 13.8 Å². The highest BCUT2D eigenvalue weighted by Gasteiger charge is 2.17. The molecule has 0 radical (unpaired) electrons. The average molecular weight is 196 g/mol. The lowest BCUT2D eigenvalue weighted by Gasteiger charge is -2.16. The minimum atomic E-state index is -2.86. The smallest absolute Gasteiger partial charge is 0.327 e. The highest BCUT2D eigenvalue weighted by atomic mass is 31.2. The first-order valence-electron chi connectivity index (χ1n) is 3.87. The number of hydrogen-bond acceptors (Lipinski definition) is 4. The van der Waals surface area contributed by atoms with Crippen molar-refractivity contribution in [3.63, 3.8) is 0 Å². The highest BCUT2D eigenvalue weighted by molar-refractivity contribution is 7.52. The van der Waals surface area contributed by atoms with Crippen LogP contribution in [0, 0.1) is 0 Å². The van der Waals surface area contributed by atoms with Gasteiger partial charge in [-0.1, -0.05) is 0 Å². The molecule has 0 amide bonds. The molecule has 0 saturated carbocycles. The molecule has 0 N–H and O–H groups in total. The van der Waals surface area contributed by atoms with Gasteiger partial charge in [-0.15, -0.1) is 0 Å². The summed E-state index contributed by atoms with van der Waals surface area (Å²) in [5.41, 5.74) is 0. The van der Waals surface area contributed by atoms with E-state index in [4.69, 9.17) is 13.8 Å². The van der Waals surface area contributed by atoms with Crippen LogP contribution in [0.4, 0.5) is 0 Å². The molecule has 0 aromatic carbocycles. The molecule has 4 nitrogen and oxygen atoms in total. The van der Waals surface area contributed by atoms with Crippen molar-refractivity contribution in [1.29, 1.82) is 0 Å². The van der Waals surface area contributed by atoms with Gasteiger partial charge in [0.1, 0.15) is 0 Å². The first kappa shape index (κ1) is 12.1. The molecule has 0 aromatic rings. The predicted molar refractivity (Wildman–Crippen MR) is 47.6 cm³/mol. The Morgan fingerprint density at radius 1 is 1.33 bits per heavy atom. The molecule has 0 bridgehead atoms. The monoisotopic (exact) mass is 196 g/mol. The quantitative estimate of drug-likeness (QED) is 0.480. The molecule has 1 unspecified atom stereocenters. The highest BCUT2D eigenvalue weighted by Crippen LogP contribution is 2.44. The van der Waals surface area contributed by atoms with Crippen molar-refractivity contribution >= 4 is 7.60 Å². The second-order valence-corrected chi connectivity index (χ2v) is 4.76. The number of ether oxygens (including phenoxy) is 1. The van der Waals surface area contributed by atoms with Gasteiger partial charge in [-0.3, -0.25) is 4.57 Å². The van der Waals surface area contributed by atoms with Gasteiger partial charge in [0.25, 0.3) is 0 Å². The van der Waals surface area contributed by atoms with E-state index in [2.05, 4.69) is 0 Å². The molecule has 0 aliphatic rings. The van der Waals surface area contributed by atoms with Crippen LogP contribution in [-0.4, -0.2) is 33.1 Å². The van der Waals surface area contributed by atoms with E-state index in [0.717, 1.165) is 0 Å². The molecule has 74 valence electrons. The first-order chi connectivity index (χ1) is 5.48. The molecule has 0 spiro atoms. The van der Waals surface area contributed by atoms with Gasteiger partial charge >= 0.3 is 7.60 Å². The van der Waals surface area contributed by atoms with Crippen molar-refractivity contribution in [2.24, 2.45) is 0 Å². The zero-order valence-electron chi connectivity index (χ0n) is 8.07. The van der Waals surface area contributed by atoms with Gasteiger partial charge in [-0.05, 0) is 13.8 Å². The molecular weight excluding hydrogens is 179 g/mol. The summed E-state index contributed by atoms with van der Waals surface area (Å²) in [6.07, 6.45) is -0.0802. The van der Waals surface area contributed by atoms with Crippen molar-refractivity contribution < 1.29 is 18.3 Å². The van der Waals surface area contributed by atoms with Gasteiger partial charge in [-0.2, -0.15) is 0 Å². The van der Waals surface area contributed by atoms with Gasteiger partial charge in [0.15, 0.2) is 0 Å². The van der Waals surface area contributed by atoms with Crippen LogP contribution < -0.4 is 0 Å². The molecule has 0 heterocycles. The van der Waals surface area contributed by atoms with E-state index in [1.807, 2.05) is 13.8 Å². The van der Waals surface area contributed by atoms with Crippen LogP contribution in [0.5, 0.6) is 0 Å². The number of methoxy groups -OCH3 is 1. The van der Waals surface area contributed by atoms with Crippen molar-refractivity contribution in [3.8, 4) is 0 Å². The van der Waals surface area contributed by atoms with Crippen molar-refractivity contribution in [2.45, 2.75) is 20.0 Å². The fraction of sp³-hybridized carbons (Fsp3) is 1.00. The third-order valence-corrected chi connectivity index (χ3v) is 2.47. The van der Waals surface area contributed by atoms with Crippen molar-refractivity contribution in [3.05, 3.63) is 0 Å². The molecule has 1 atom stereocenters. The summed E-state index contributed by atoms with van der Waals surface area (Å²) in [6.45, 7) is 5.82. The number of hydrogen-bond donors (Lipinski definition) is 0. The third kappa shape index (κ3) is 6.80. The number of rotatable bonds is 6. The first-order valence-corrected chi connectivity index (χ1v) is 5.86. The van der Waals surface area contributed by atoms with Gasteiger partial charge in [0.05, 0.1) is 19.3 Å². The van der Waals surface area contributed by atoms with Crippen molar-refractivity contribution in [2.75, 3.05) is 27.0 Å². The Morgan fingerprint density at radius 3 is 2.33 bits per heavy atom. The van der Waals surface area contributed by atoms with Gasteiger partial charge in [-0.25, -0.2) is 0 Å². The van der Waals surface area contributed by atoms with Crippen LogP contribution in [0.3, 0.4) is 0 Å². The van der Waals surface area contributed by atoms with E-state index in [1.54, 1.807) is 7.11 Å². The molecular formula is C7H17O4P. The minimum absolute atomic E-state index is 0.0802. The summed E-state index contributed by atoms with van der Waals surface area (Å²) in [6, 6.07) is 0. The second-order valence-electron chi connectivity index (χ2n) is 2.75. The lowest BCUT2D eigenvalue weighted by Crippen LogP contribution is -2.05. The zero-order valence-corrected chi connectivity index (χ0v) is 8.97. The topological polar surface area (TPSA) is 44.8 Å². The van der Waals surface area contributed by atoms with Gasteiger partial charge < -0.3 is 13.8 Å². The van der Waals surface area contributed by atoms with Crippen LogP contribution in [0.15, 0.2) is 0 Å². The molecule has 12 heavy (non-hydrogen) atoms. The molecule has 0 rings (SSSR count). The SMILES string of the molecule is COCCOP(C)(=O)OC(C)C. The van der Waals surface area contributed by atoms with E-state index >= 15 is 0 Å². The maximum atomic E-state index is 11.4. The largest absolute Gasteiger partial charge is 0.382 e. The predicted octanol–water partition coefficient (Wildman–Crippen LogP) is 1.90. The summed E-state index contributed by atoms with van der Waals surface area (Å²) in [7, 11) is -1.30. The molecule has 0 aromatic heterocycles. The van der Waals surface area contributed by atoms with Crippen LogP contribution in [0.25, 0.3) is 0 Å². The Balaban J connectivity index is 3.64. The van der Waals surface area contributed by atoms with Crippen molar-refractivity contribution in [1.82, 2.24) is 0 Å². The molecule has 0 aliphatic carbocycles. The maximum Gasteiger partial charge on any atom is 0.327 e. The normalized spacial score (nSPS) is 16.4. The van der Waals surface area contributed by atoms with E-state index in [0.29, 0.717) is 13.2 Å². The van der Waals surface area contributed by atoms with Crippen LogP contribution in [0.2, 0.25) is 0 Å². The molecule has 0 aliphatic heterocycles. The maximum absolute atomic E-state index is 11.4. The summed E-state index contributed by atoms with van der Waals surface area (Å²) in [4.78, 5) is 0. The van der Waals surface area contributed by atoms with E-state index in [-0.39, 0.29) is 6.10 Å². The Kier molecular flexibility index (Phi) is 5.76. The van der Waals surface area contributed by atoms with Crippen LogP contribution >= 0.6 is 7.60 Å². The second kappa shape index (κ2) is 5.70. The standard InChI is InChI=1S/C7H17O4P/c1-7(2)11-12(4,8)10-6-5-9-3/h7H,5-6H2,1-4H3. The minimum Gasteiger partial charge on any atom is -0.382 e. The lowest BCUT2D eigenvalue weighted by atomic mass is 10.5. The van der Waals surface area contributed by atoms with E-state index in [1.165, 1.54) is 6.66 Å². The zero-order chi connectivity index (χ0) is 9.61. The fourth-order valence-electron chi connectivity index (χ4n) is 0.700. The van der Waals surface area contributed by atoms with Gasteiger partial charge in [0.2, 0.25) is 0 Å². The summed E-state index contributed by atoms with van der Waals surface area (Å²) >= 11 is 0. The van der Waals surface area contributed by atoms with Crippen LogP contribution in [0.1, 0.15) is 13.8 Å². The Bertz CT molecular complexity index is 157. The molecule has 0 fully saturated rings. The molecule has 5 heteroatoms.